The highest BCUT2D eigenvalue weighted by atomic mass is 16.5. The minimum atomic E-state index is -0.190. The Bertz CT molecular complexity index is 776. The van der Waals surface area contributed by atoms with E-state index in [1.54, 1.807) is 6.92 Å². The fraction of sp³-hybridized carbons (Fsp3) is 0.935. The molecular weight excluding hydrogens is 436 g/mol. The number of rotatable bonds is 7. The monoisotopic (exact) mass is 488 g/mol. The van der Waals surface area contributed by atoms with Crippen molar-refractivity contribution in [3.05, 3.63) is 0 Å². The summed E-state index contributed by atoms with van der Waals surface area (Å²) in [6, 6.07) is 0. The molecule has 200 valence electrons. The van der Waals surface area contributed by atoms with Gasteiger partial charge in [0.15, 0.2) is 0 Å². The highest BCUT2D eigenvalue weighted by molar-refractivity contribution is 5.66. The lowest BCUT2D eigenvalue weighted by Gasteiger charge is -2.62. The van der Waals surface area contributed by atoms with E-state index < -0.39 is 0 Å². The molecule has 4 rings (SSSR count). The van der Waals surface area contributed by atoms with Crippen LogP contribution in [0.5, 0.6) is 0 Å². The first-order chi connectivity index (χ1) is 16.5. The topological polar surface area (TPSA) is 52.6 Å². The van der Waals surface area contributed by atoms with Crippen molar-refractivity contribution in [2.45, 2.75) is 131 Å². The normalized spacial score (nSPS) is 43.6. The summed E-state index contributed by atoms with van der Waals surface area (Å²) in [6.45, 7) is 15.4. The van der Waals surface area contributed by atoms with Crippen molar-refractivity contribution in [1.82, 2.24) is 0 Å². The Balaban J connectivity index is 1.54. The molecule has 4 aliphatic rings. The Morgan fingerprint density at radius 2 is 1.46 bits per heavy atom. The molecular formula is C31H52O4. The third-order valence-corrected chi connectivity index (χ3v) is 11.5. The highest BCUT2D eigenvalue weighted by Crippen LogP contribution is 2.68. The number of ether oxygens (including phenoxy) is 2. The summed E-state index contributed by atoms with van der Waals surface area (Å²) in [6.07, 6.45) is 13.3. The van der Waals surface area contributed by atoms with Gasteiger partial charge in [0, 0.05) is 19.8 Å². The standard InChI is InChI=1S/C31H52O4/c1-19(2)9-8-10-20(3)25-11-12-26-24-18-29(35-22(5)33)28-17-23(34-21(4)32)13-15-31(28,7)27(24)14-16-30(25,26)6/h19-20,23-29H,8-18H2,1-7H3/t20-,23+,24+,25-,26+,27+,28-,29-,30-,31-/m1/s1. The molecule has 10 atom stereocenters. The zero-order chi connectivity index (χ0) is 25.5. The predicted octanol–water partition coefficient (Wildman–Crippen LogP) is 7.58. The van der Waals surface area contributed by atoms with E-state index in [4.69, 9.17) is 9.47 Å². The van der Waals surface area contributed by atoms with Crippen LogP contribution >= 0.6 is 0 Å². The quantitative estimate of drug-likeness (QED) is 0.347. The van der Waals surface area contributed by atoms with Crippen LogP contribution in [0.1, 0.15) is 119 Å². The van der Waals surface area contributed by atoms with E-state index >= 15 is 0 Å². The van der Waals surface area contributed by atoms with Crippen LogP contribution in [0.4, 0.5) is 0 Å². The van der Waals surface area contributed by atoms with Crippen LogP contribution in [0.25, 0.3) is 0 Å². The Kier molecular flexibility index (Phi) is 7.99. The maximum absolute atomic E-state index is 12.2. The van der Waals surface area contributed by atoms with E-state index in [2.05, 4.69) is 34.6 Å². The minimum Gasteiger partial charge on any atom is -0.463 e. The second kappa shape index (κ2) is 10.4. The fourth-order valence-corrected chi connectivity index (χ4v) is 9.94. The zero-order valence-electron chi connectivity index (χ0n) is 23.6. The molecule has 4 nitrogen and oxygen atoms in total. The molecule has 4 saturated carbocycles. The van der Waals surface area contributed by atoms with Gasteiger partial charge in [-0.3, -0.25) is 9.59 Å². The van der Waals surface area contributed by atoms with Crippen LogP contribution in [0, 0.1) is 52.3 Å². The molecule has 0 heterocycles. The van der Waals surface area contributed by atoms with E-state index in [0.29, 0.717) is 23.2 Å². The first kappa shape index (κ1) is 27.0. The van der Waals surface area contributed by atoms with E-state index in [1.807, 2.05) is 0 Å². The third kappa shape index (κ3) is 5.19. The summed E-state index contributed by atoms with van der Waals surface area (Å²) in [5.41, 5.74) is 0.597. The smallest absolute Gasteiger partial charge is 0.302 e. The van der Waals surface area contributed by atoms with Gasteiger partial charge in [0.05, 0.1) is 0 Å². The highest BCUT2D eigenvalue weighted by Gasteiger charge is 2.63. The van der Waals surface area contributed by atoms with Crippen LogP contribution in [0.3, 0.4) is 0 Å². The predicted molar refractivity (Wildman–Crippen MR) is 140 cm³/mol. The average molecular weight is 489 g/mol. The molecule has 0 aromatic heterocycles. The molecule has 0 amide bonds. The van der Waals surface area contributed by atoms with Gasteiger partial charge in [-0.25, -0.2) is 0 Å². The molecule has 0 radical (unpaired) electrons. The summed E-state index contributed by atoms with van der Waals surface area (Å²) in [5, 5.41) is 0. The number of carbonyl (C=O) groups is 2. The average Bonchev–Trinajstić information content (AvgIpc) is 3.11. The second-order valence-corrected chi connectivity index (χ2v) is 13.9. The first-order valence-corrected chi connectivity index (χ1v) is 14.8. The lowest BCUT2D eigenvalue weighted by Crippen LogP contribution is -2.59. The Labute approximate surface area is 214 Å². The minimum absolute atomic E-state index is 0.0309. The lowest BCUT2D eigenvalue weighted by atomic mass is 9.43. The van der Waals surface area contributed by atoms with Gasteiger partial charge in [-0.15, -0.1) is 0 Å². The van der Waals surface area contributed by atoms with Gasteiger partial charge in [-0.05, 0) is 97.7 Å². The van der Waals surface area contributed by atoms with Crippen molar-refractivity contribution in [2.24, 2.45) is 52.3 Å². The molecule has 4 aliphatic carbocycles. The first-order valence-electron chi connectivity index (χ1n) is 14.8. The molecule has 0 bridgehead atoms. The lowest BCUT2D eigenvalue weighted by molar-refractivity contribution is -0.197. The molecule has 0 unspecified atom stereocenters. The molecule has 0 aliphatic heterocycles. The largest absolute Gasteiger partial charge is 0.463 e. The number of hydrogen-bond acceptors (Lipinski definition) is 4. The van der Waals surface area contributed by atoms with Crippen LogP contribution in [0.15, 0.2) is 0 Å². The van der Waals surface area contributed by atoms with Crippen molar-refractivity contribution < 1.29 is 19.1 Å². The van der Waals surface area contributed by atoms with E-state index in [1.165, 1.54) is 51.9 Å². The van der Waals surface area contributed by atoms with Gasteiger partial charge in [0.25, 0.3) is 0 Å². The van der Waals surface area contributed by atoms with Gasteiger partial charge in [-0.2, -0.15) is 0 Å². The summed E-state index contributed by atoms with van der Waals surface area (Å²) in [5.74, 6) is 4.48. The van der Waals surface area contributed by atoms with Crippen molar-refractivity contribution in [3.63, 3.8) is 0 Å². The number of hydrogen-bond donors (Lipinski definition) is 0. The van der Waals surface area contributed by atoms with Gasteiger partial charge < -0.3 is 9.47 Å². The molecule has 35 heavy (non-hydrogen) atoms. The summed E-state index contributed by atoms with van der Waals surface area (Å²) < 4.78 is 11.7. The van der Waals surface area contributed by atoms with E-state index in [-0.39, 0.29) is 29.6 Å². The molecule has 4 fully saturated rings. The summed E-state index contributed by atoms with van der Waals surface area (Å²) >= 11 is 0. The Hall–Kier alpha value is -1.06. The van der Waals surface area contributed by atoms with E-state index in [9.17, 15) is 9.59 Å². The van der Waals surface area contributed by atoms with Crippen LogP contribution in [-0.2, 0) is 19.1 Å². The second-order valence-electron chi connectivity index (χ2n) is 13.9. The van der Waals surface area contributed by atoms with Gasteiger partial charge >= 0.3 is 11.9 Å². The fourth-order valence-electron chi connectivity index (χ4n) is 9.94. The molecule has 4 heteroatoms. The summed E-state index contributed by atoms with van der Waals surface area (Å²) in [4.78, 5) is 23.9. The molecule has 0 N–H and O–H groups in total. The Morgan fingerprint density at radius 1 is 0.800 bits per heavy atom. The van der Waals surface area contributed by atoms with Crippen molar-refractivity contribution in [3.8, 4) is 0 Å². The van der Waals surface area contributed by atoms with Crippen LogP contribution < -0.4 is 0 Å². The maximum Gasteiger partial charge on any atom is 0.302 e. The van der Waals surface area contributed by atoms with Crippen molar-refractivity contribution >= 4 is 11.9 Å². The SMILES string of the molecule is CC(=O)O[C@H]1CC[C@@]2(C)[C@H](C1)[C@H](OC(C)=O)C[C@@H]1[C@@H]2CC[C@]2(C)[C@@H]([C@H](C)CCCC(C)C)CC[C@@H]12. The van der Waals surface area contributed by atoms with E-state index in [0.717, 1.165) is 49.4 Å². The molecule has 0 aromatic rings. The van der Waals surface area contributed by atoms with Gasteiger partial charge in [0.2, 0.25) is 0 Å². The zero-order valence-corrected chi connectivity index (χ0v) is 23.6. The van der Waals surface area contributed by atoms with Gasteiger partial charge in [0.1, 0.15) is 12.2 Å². The Morgan fingerprint density at radius 3 is 2.11 bits per heavy atom. The molecule has 0 spiro atoms. The van der Waals surface area contributed by atoms with Crippen LogP contribution in [0.2, 0.25) is 0 Å². The summed E-state index contributed by atoms with van der Waals surface area (Å²) in [7, 11) is 0. The van der Waals surface area contributed by atoms with Crippen LogP contribution in [-0.4, -0.2) is 24.1 Å². The van der Waals surface area contributed by atoms with Crippen molar-refractivity contribution in [2.75, 3.05) is 0 Å². The maximum atomic E-state index is 12.2. The molecule has 0 aromatic carbocycles. The number of esters is 2. The molecule has 0 saturated heterocycles. The number of fused-ring (bicyclic) bond motifs is 5. The third-order valence-electron chi connectivity index (χ3n) is 11.5. The number of carbonyl (C=O) groups excluding carboxylic acids is 2. The van der Waals surface area contributed by atoms with Gasteiger partial charge in [-0.1, -0.05) is 53.9 Å². The van der Waals surface area contributed by atoms with Crippen molar-refractivity contribution in [1.29, 1.82) is 0 Å².